The summed E-state index contributed by atoms with van der Waals surface area (Å²) in [5, 5.41) is 5.31. The molecule has 0 spiro atoms. The molecule has 29 heavy (non-hydrogen) atoms. The number of carbonyl (C=O) groups excluding carboxylic acids is 2. The summed E-state index contributed by atoms with van der Waals surface area (Å²) in [6.45, 7) is 3.39. The Bertz CT molecular complexity index is 869. The van der Waals surface area contributed by atoms with Gasteiger partial charge in [-0.25, -0.2) is 13.2 Å². The third kappa shape index (κ3) is 6.30. The minimum atomic E-state index is -1.01. The van der Waals surface area contributed by atoms with Crippen LogP contribution >= 0.6 is 0 Å². The molecular weight excluding hydrogens is 385 g/mol. The summed E-state index contributed by atoms with van der Waals surface area (Å²) in [5.74, 6) is -2.75. The maximum atomic E-state index is 13.2. The van der Waals surface area contributed by atoms with Crippen LogP contribution in [0.5, 0.6) is 0 Å². The number of piperazine rings is 1. The Kier molecular flexibility index (Phi) is 6.84. The minimum Gasteiger partial charge on any atom is -0.321 e. The van der Waals surface area contributed by atoms with Crippen LogP contribution in [0.1, 0.15) is 0 Å². The number of hydrogen-bond donors (Lipinski definition) is 4. The molecule has 3 rings (SSSR count). The van der Waals surface area contributed by atoms with Crippen LogP contribution in [0.25, 0.3) is 0 Å². The molecule has 1 saturated heterocycles. The lowest BCUT2D eigenvalue weighted by Gasteiger charge is -2.28. The van der Waals surface area contributed by atoms with Crippen molar-refractivity contribution in [3.05, 3.63) is 59.9 Å². The quantitative estimate of drug-likeness (QED) is 0.519. The Morgan fingerprint density at radius 3 is 1.72 bits per heavy atom. The van der Waals surface area contributed by atoms with Crippen molar-refractivity contribution >= 4 is 23.2 Å². The number of carbonyl (C=O) groups is 2. The molecule has 1 aliphatic heterocycles. The number of halogens is 3. The molecule has 9 heteroatoms. The van der Waals surface area contributed by atoms with E-state index in [1.165, 1.54) is 30.3 Å². The number of nitrogens with one attached hydrogen (secondary N) is 4. The van der Waals surface area contributed by atoms with E-state index in [1.807, 2.05) is 0 Å². The summed E-state index contributed by atoms with van der Waals surface area (Å²) in [6.07, 6.45) is 0. The van der Waals surface area contributed by atoms with Crippen LogP contribution in [0.3, 0.4) is 0 Å². The van der Waals surface area contributed by atoms with Crippen molar-refractivity contribution in [3.8, 4) is 0 Å². The first-order chi connectivity index (χ1) is 13.9. The predicted octanol–water partition coefficient (Wildman–Crippen LogP) is -0.535. The van der Waals surface area contributed by atoms with Crippen molar-refractivity contribution in [2.45, 2.75) is 0 Å². The third-order valence-electron chi connectivity index (χ3n) is 4.82. The van der Waals surface area contributed by atoms with Crippen molar-refractivity contribution < 1.29 is 32.6 Å². The van der Waals surface area contributed by atoms with Crippen LogP contribution in [0, 0.1) is 17.5 Å². The largest absolute Gasteiger partial charge is 0.321 e. The molecule has 2 aromatic carbocycles. The molecule has 6 nitrogen and oxygen atoms in total. The summed E-state index contributed by atoms with van der Waals surface area (Å²) in [6, 6.07) is 8.83. The second-order valence-electron chi connectivity index (χ2n) is 7.09. The Morgan fingerprint density at radius 2 is 1.21 bits per heavy atom. The Labute approximate surface area is 166 Å². The van der Waals surface area contributed by atoms with Gasteiger partial charge in [0.05, 0.1) is 0 Å². The zero-order chi connectivity index (χ0) is 20.8. The monoisotopic (exact) mass is 408 g/mol. The lowest BCUT2D eigenvalue weighted by Crippen LogP contribution is -3.28. The van der Waals surface area contributed by atoms with Gasteiger partial charge >= 0.3 is 0 Å². The van der Waals surface area contributed by atoms with Crippen LogP contribution in [0.15, 0.2) is 42.5 Å². The second kappa shape index (κ2) is 9.53. The average molecular weight is 408 g/mol. The number of quaternary nitrogens is 2. The first-order valence-corrected chi connectivity index (χ1v) is 9.36. The molecule has 0 unspecified atom stereocenters. The number of benzene rings is 2. The summed E-state index contributed by atoms with van der Waals surface area (Å²) in [4.78, 5) is 26.4. The lowest BCUT2D eigenvalue weighted by molar-refractivity contribution is -1.00. The fourth-order valence-electron chi connectivity index (χ4n) is 3.28. The highest BCUT2D eigenvalue weighted by Gasteiger charge is 2.26. The zero-order valence-electron chi connectivity index (χ0n) is 15.7. The Balaban J connectivity index is 1.39. The number of anilines is 2. The Hall–Kier alpha value is -2.91. The highest BCUT2D eigenvalue weighted by atomic mass is 19.2. The SMILES string of the molecule is O=C(C[NH+]1CC[NH+](CC(=O)Nc2ccc(F)c(F)c2)CC1)Nc1ccc(F)cc1. The molecule has 1 aliphatic rings. The van der Waals surface area contributed by atoms with Crippen LogP contribution in [-0.2, 0) is 9.59 Å². The number of rotatable bonds is 6. The molecule has 0 bridgehead atoms. The lowest BCUT2D eigenvalue weighted by atomic mass is 10.2. The third-order valence-corrected chi connectivity index (χ3v) is 4.82. The molecule has 0 radical (unpaired) electrons. The van der Waals surface area contributed by atoms with Crippen LogP contribution in [0.4, 0.5) is 24.5 Å². The van der Waals surface area contributed by atoms with Gasteiger partial charge in [-0.15, -0.1) is 0 Å². The van der Waals surface area contributed by atoms with Gasteiger partial charge < -0.3 is 20.4 Å². The van der Waals surface area contributed by atoms with Crippen molar-refractivity contribution in [2.24, 2.45) is 0 Å². The molecule has 0 saturated carbocycles. The van der Waals surface area contributed by atoms with E-state index in [2.05, 4.69) is 10.6 Å². The summed E-state index contributed by atoms with van der Waals surface area (Å²) in [5.41, 5.74) is 0.768. The van der Waals surface area contributed by atoms with Gasteiger partial charge in [0.25, 0.3) is 11.8 Å². The molecule has 154 valence electrons. The zero-order valence-corrected chi connectivity index (χ0v) is 15.7. The van der Waals surface area contributed by atoms with Crippen molar-refractivity contribution in [2.75, 3.05) is 49.9 Å². The molecule has 2 aromatic rings. The molecule has 0 aliphatic carbocycles. The first kappa shape index (κ1) is 20.8. The van der Waals surface area contributed by atoms with Crippen molar-refractivity contribution in [3.63, 3.8) is 0 Å². The maximum Gasteiger partial charge on any atom is 0.279 e. The van der Waals surface area contributed by atoms with E-state index in [0.29, 0.717) is 25.3 Å². The molecule has 0 atom stereocenters. The standard InChI is InChI=1S/C20H21F3N4O2/c21-14-1-3-15(4-2-14)24-19(28)12-26-7-9-27(10-8-26)13-20(29)25-16-5-6-17(22)18(23)11-16/h1-6,11H,7-10,12-13H2,(H,24,28)(H,25,29)/p+2. The topological polar surface area (TPSA) is 67.1 Å². The van der Waals surface area contributed by atoms with Crippen LogP contribution in [0.2, 0.25) is 0 Å². The van der Waals surface area contributed by atoms with Crippen molar-refractivity contribution in [1.29, 1.82) is 0 Å². The van der Waals surface area contributed by atoms with E-state index in [0.717, 1.165) is 35.0 Å². The number of amides is 2. The van der Waals surface area contributed by atoms with Gasteiger partial charge in [-0.3, -0.25) is 9.59 Å². The molecule has 1 fully saturated rings. The number of hydrogen-bond acceptors (Lipinski definition) is 2. The van der Waals surface area contributed by atoms with Gasteiger partial charge in [-0.2, -0.15) is 0 Å². The first-order valence-electron chi connectivity index (χ1n) is 9.36. The van der Waals surface area contributed by atoms with E-state index in [1.54, 1.807) is 0 Å². The van der Waals surface area contributed by atoms with Gasteiger partial charge in [0.1, 0.15) is 32.0 Å². The fourth-order valence-corrected chi connectivity index (χ4v) is 3.28. The second-order valence-corrected chi connectivity index (χ2v) is 7.09. The van der Waals surface area contributed by atoms with Gasteiger partial charge in [0.2, 0.25) is 0 Å². The smallest absolute Gasteiger partial charge is 0.279 e. The predicted molar refractivity (Wildman–Crippen MR) is 101 cm³/mol. The van der Waals surface area contributed by atoms with E-state index < -0.39 is 11.6 Å². The molecule has 1 heterocycles. The molecule has 2 amide bonds. The van der Waals surface area contributed by atoms with Crippen LogP contribution < -0.4 is 20.4 Å². The summed E-state index contributed by atoms with van der Waals surface area (Å²) >= 11 is 0. The summed E-state index contributed by atoms with van der Waals surface area (Å²) < 4.78 is 39.0. The minimum absolute atomic E-state index is 0.147. The highest BCUT2D eigenvalue weighted by Crippen LogP contribution is 2.12. The Morgan fingerprint density at radius 1 is 0.724 bits per heavy atom. The van der Waals surface area contributed by atoms with Crippen LogP contribution in [-0.4, -0.2) is 51.1 Å². The fraction of sp³-hybridized carbons (Fsp3) is 0.300. The van der Waals surface area contributed by atoms with E-state index >= 15 is 0 Å². The van der Waals surface area contributed by atoms with E-state index in [-0.39, 0.29) is 29.9 Å². The average Bonchev–Trinajstić information content (AvgIpc) is 2.68. The molecule has 0 aromatic heterocycles. The highest BCUT2D eigenvalue weighted by molar-refractivity contribution is 5.91. The molecule has 4 N–H and O–H groups in total. The summed E-state index contributed by atoms with van der Waals surface area (Å²) in [7, 11) is 0. The maximum absolute atomic E-state index is 13.2. The van der Waals surface area contributed by atoms with E-state index in [4.69, 9.17) is 0 Å². The normalized spacial score (nSPS) is 18.9. The van der Waals surface area contributed by atoms with Gasteiger partial charge in [0, 0.05) is 17.4 Å². The molecular formula is C20H23F3N4O2+2. The van der Waals surface area contributed by atoms with Gasteiger partial charge in [-0.05, 0) is 36.4 Å². The van der Waals surface area contributed by atoms with Crippen molar-refractivity contribution in [1.82, 2.24) is 0 Å². The van der Waals surface area contributed by atoms with E-state index in [9.17, 15) is 22.8 Å². The van der Waals surface area contributed by atoms with Gasteiger partial charge in [-0.1, -0.05) is 0 Å². The van der Waals surface area contributed by atoms with Gasteiger partial charge in [0.15, 0.2) is 24.7 Å².